The molecule has 1 fully saturated rings. The lowest BCUT2D eigenvalue weighted by atomic mass is 10.0. The van der Waals surface area contributed by atoms with Crippen LogP contribution >= 0.6 is 0 Å². The topological polar surface area (TPSA) is 26.7 Å². The van der Waals surface area contributed by atoms with E-state index in [1.165, 1.54) is 5.70 Å². The van der Waals surface area contributed by atoms with Gasteiger partial charge in [0.25, 0.3) is 0 Å². The third-order valence-electron chi connectivity index (χ3n) is 3.11. The molecule has 0 aromatic carbocycles. The minimum absolute atomic E-state index is 0.147. The van der Waals surface area contributed by atoms with Crippen molar-refractivity contribution in [3.05, 3.63) is 29.8 Å². The fourth-order valence-electron chi connectivity index (χ4n) is 2.12. The van der Waals surface area contributed by atoms with Gasteiger partial charge in [-0.1, -0.05) is 12.2 Å². The predicted octanol–water partition coefficient (Wildman–Crippen LogP) is 0.644. The average molecular weight is 207 g/mol. The molecule has 0 aromatic rings. The fourth-order valence-corrected chi connectivity index (χ4v) is 2.12. The van der Waals surface area contributed by atoms with Crippen LogP contribution in [0, 0.1) is 6.42 Å². The number of rotatable bonds is 2. The molecule has 0 spiro atoms. The van der Waals surface area contributed by atoms with Crippen LogP contribution in [0.2, 0.25) is 0 Å². The molecular formula is C12H19N2O. The molecule has 1 radical (unpaired) electrons. The van der Waals surface area contributed by atoms with Crippen molar-refractivity contribution in [3.8, 4) is 0 Å². The van der Waals surface area contributed by atoms with Crippen LogP contribution in [-0.2, 0) is 0 Å². The normalized spacial score (nSPS) is 23.7. The Balaban J connectivity index is 2.03. The average Bonchev–Trinajstić information content (AvgIpc) is 2.30. The highest BCUT2D eigenvalue weighted by Gasteiger charge is 2.19. The van der Waals surface area contributed by atoms with Crippen molar-refractivity contribution in [1.29, 1.82) is 0 Å². The van der Waals surface area contributed by atoms with Crippen LogP contribution in [0.3, 0.4) is 0 Å². The number of aliphatic hydroxyl groups is 1. The number of hydrogen-bond donors (Lipinski definition) is 1. The highest BCUT2D eigenvalue weighted by atomic mass is 16.3. The van der Waals surface area contributed by atoms with Crippen molar-refractivity contribution in [2.24, 2.45) is 0 Å². The molecule has 15 heavy (non-hydrogen) atoms. The van der Waals surface area contributed by atoms with Crippen molar-refractivity contribution < 1.29 is 5.11 Å². The Morgan fingerprint density at radius 3 is 2.67 bits per heavy atom. The lowest BCUT2D eigenvalue weighted by Gasteiger charge is -2.37. The van der Waals surface area contributed by atoms with E-state index >= 15 is 0 Å². The smallest absolute Gasteiger partial charge is 0.0698 e. The molecule has 0 amide bonds. The molecule has 2 aliphatic rings. The fraction of sp³-hybridized carbons (Fsp3) is 0.583. The quantitative estimate of drug-likeness (QED) is 0.720. The van der Waals surface area contributed by atoms with Crippen LogP contribution in [0.5, 0.6) is 0 Å². The minimum atomic E-state index is 0.147. The second-order valence-electron chi connectivity index (χ2n) is 4.20. The van der Waals surface area contributed by atoms with Gasteiger partial charge in [0.2, 0.25) is 0 Å². The van der Waals surface area contributed by atoms with Crippen molar-refractivity contribution in [2.45, 2.75) is 6.42 Å². The maximum Gasteiger partial charge on any atom is 0.0698 e. The zero-order valence-corrected chi connectivity index (χ0v) is 9.32. The molecule has 1 aliphatic carbocycles. The Morgan fingerprint density at radius 1 is 1.27 bits per heavy atom. The summed E-state index contributed by atoms with van der Waals surface area (Å²) in [6, 6.07) is 0. The van der Waals surface area contributed by atoms with Crippen molar-refractivity contribution in [3.63, 3.8) is 0 Å². The molecule has 1 heterocycles. The van der Waals surface area contributed by atoms with E-state index in [0.29, 0.717) is 0 Å². The standard InChI is InChI=1S/C12H19N2O/c1-13-6-8-14(9-7-13)12-5-3-2-4-11(12)10-15/h2,4-5,15H,3,6-10H2,1H3. The van der Waals surface area contributed by atoms with Gasteiger partial charge in [0, 0.05) is 31.9 Å². The van der Waals surface area contributed by atoms with Crippen LogP contribution < -0.4 is 0 Å². The number of hydrogen-bond acceptors (Lipinski definition) is 3. The van der Waals surface area contributed by atoms with Gasteiger partial charge in [-0.3, -0.25) is 0 Å². The van der Waals surface area contributed by atoms with Gasteiger partial charge in [0.05, 0.1) is 6.61 Å². The molecule has 0 bridgehead atoms. The van der Waals surface area contributed by atoms with E-state index in [-0.39, 0.29) is 6.61 Å². The van der Waals surface area contributed by atoms with E-state index in [1.54, 1.807) is 0 Å². The molecular weight excluding hydrogens is 188 g/mol. The summed E-state index contributed by atoms with van der Waals surface area (Å²) < 4.78 is 0. The predicted molar refractivity (Wildman–Crippen MR) is 61.2 cm³/mol. The van der Waals surface area contributed by atoms with E-state index in [1.807, 2.05) is 6.08 Å². The van der Waals surface area contributed by atoms with Gasteiger partial charge in [-0.2, -0.15) is 0 Å². The molecule has 3 heteroatoms. The van der Waals surface area contributed by atoms with E-state index in [0.717, 1.165) is 38.2 Å². The van der Waals surface area contributed by atoms with Gasteiger partial charge >= 0.3 is 0 Å². The number of nitrogens with zero attached hydrogens (tertiary/aromatic N) is 2. The van der Waals surface area contributed by atoms with E-state index in [9.17, 15) is 5.11 Å². The van der Waals surface area contributed by atoms with Crippen LogP contribution in [0.15, 0.2) is 23.4 Å². The Kier molecular flexibility index (Phi) is 3.44. The zero-order valence-electron chi connectivity index (χ0n) is 9.32. The molecule has 2 rings (SSSR count). The van der Waals surface area contributed by atoms with Crippen LogP contribution in [0.4, 0.5) is 0 Å². The minimum Gasteiger partial charge on any atom is -0.392 e. The maximum absolute atomic E-state index is 9.28. The largest absolute Gasteiger partial charge is 0.392 e. The first-order chi connectivity index (χ1) is 7.31. The Bertz CT molecular complexity index is 275. The molecule has 3 nitrogen and oxygen atoms in total. The molecule has 1 N–H and O–H groups in total. The first kappa shape index (κ1) is 10.7. The van der Waals surface area contributed by atoms with Crippen molar-refractivity contribution >= 4 is 0 Å². The lowest BCUT2D eigenvalue weighted by molar-refractivity contribution is 0.185. The third kappa shape index (κ3) is 2.41. The molecule has 0 saturated carbocycles. The number of allylic oxidation sites excluding steroid dienone is 2. The zero-order chi connectivity index (χ0) is 10.7. The number of aliphatic hydroxyl groups excluding tert-OH is 1. The second-order valence-corrected chi connectivity index (χ2v) is 4.20. The van der Waals surface area contributed by atoms with Crippen LogP contribution in [-0.4, -0.2) is 54.7 Å². The van der Waals surface area contributed by atoms with E-state index < -0.39 is 0 Å². The summed E-state index contributed by atoms with van der Waals surface area (Å²) in [6.07, 6.45) is 7.36. The third-order valence-corrected chi connectivity index (χ3v) is 3.11. The van der Waals surface area contributed by atoms with Crippen LogP contribution in [0.1, 0.15) is 6.42 Å². The summed E-state index contributed by atoms with van der Waals surface area (Å²) in [6.45, 7) is 4.51. The summed E-state index contributed by atoms with van der Waals surface area (Å²) in [4.78, 5) is 4.73. The molecule has 83 valence electrons. The van der Waals surface area contributed by atoms with Crippen molar-refractivity contribution in [1.82, 2.24) is 9.80 Å². The molecule has 1 saturated heterocycles. The molecule has 1 aliphatic heterocycles. The lowest BCUT2D eigenvalue weighted by Crippen LogP contribution is -2.44. The SMILES string of the molecule is CN1CCN(C2=CC[CH]C=C2CO)CC1. The monoisotopic (exact) mass is 207 g/mol. The molecule has 0 unspecified atom stereocenters. The van der Waals surface area contributed by atoms with E-state index in [4.69, 9.17) is 0 Å². The first-order valence-corrected chi connectivity index (χ1v) is 5.58. The highest BCUT2D eigenvalue weighted by Crippen LogP contribution is 2.22. The summed E-state index contributed by atoms with van der Waals surface area (Å²) in [7, 11) is 2.16. The summed E-state index contributed by atoms with van der Waals surface area (Å²) in [5.74, 6) is 0. The van der Waals surface area contributed by atoms with Gasteiger partial charge in [-0.05, 0) is 25.5 Å². The summed E-state index contributed by atoms with van der Waals surface area (Å²) in [5.41, 5.74) is 2.30. The highest BCUT2D eigenvalue weighted by molar-refractivity contribution is 5.36. The Morgan fingerprint density at radius 2 is 2.00 bits per heavy atom. The number of piperazine rings is 1. The number of likely N-dealkylation sites (N-methyl/N-ethyl adjacent to an activating group) is 1. The van der Waals surface area contributed by atoms with Gasteiger partial charge in [-0.25, -0.2) is 0 Å². The Hall–Kier alpha value is -0.800. The van der Waals surface area contributed by atoms with Gasteiger partial charge in [-0.15, -0.1) is 0 Å². The Labute approximate surface area is 91.7 Å². The second kappa shape index (κ2) is 4.81. The maximum atomic E-state index is 9.28. The molecule has 0 atom stereocenters. The van der Waals surface area contributed by atoms with Crippen molar-refractivity contribution in [2.75, 3.05) is 39.8 Å². The van der Waals surface area contributed by atoms with Gasteiger partial charge in [0.1, 0.15) is 0 Å². The first-order valence-electron chi connectivity index (χ1n) is 5.58. The van der Waals surface area contributed by atoms with Gasteiger partial charge < -0.3 is 14.9 Å². The van der Waals surface area contributed by atoms with E-state index in [2.05, 4.69) is 29.3 Å². The molecule has 0 aromatic heterocycles. The van der Waals surface area contributed by atoms with Crippen LogP contribution in [0.25, 0.3) is 0 Å². The van der Waals surface area contributed by atoms with Gasteiger partial charge in [0.15, 0.2) is 0 Å². The summed E-state index contributed by atoms with van der Waals surface area (Å²) >= 11 is 0. The summed E-state index contributed by atoms with van der Waals surface area (Å²) in [5, 5.41) is 9.28.